The van der Waals surface area contributed by atoms with Crippen LogP contribution in [0.3, 0.4) is 0 Å². The third kappa shape index (κ3) is 5.37. The fraction of sp³-hybridized carbons (Fsp3) is 0.522. The van der Waals surface area contributed by atoms with Crippen molar-refractivity contribution in [1.29, 1.82) is 0 Å². The number of nitrogens with zero attached hydrogens (tertiary/aromatic N) is 2. The molecule has 2 aromatic rings. The van der Waals surface area contributed by atoms with Crippen molar-refractivity contribution in [3.05, 3.63) is 53.5 Å². The molecule has 1 aromatic carbocycles. The number of likely N-dealkylation sites (tertiary alicyclic amines) is 1. The molecular weight excluding hydrogens is 414 g/mol. The van der Waals surface area contributed by atoms with Crippen molar-refractivity contribution < 1.29 is 17.6 Å². The van der Waals surface area contributed by atoms with Gasteiger partial charge in [-0.1, -0.05) is 26.3 Å². The van der Waals surface area contributed by atoms with Gasteiger partial charge in [0.1, 0.15) is 5.76 Å². The van der Waals surface area contributed by atoms with E-state index in [9.17, 15) is 13.2 Å². The van der Waals surface area contributed by atoms with E-state index in [1.807, 2.05) is 19.1 Å². The molecule has 0 spiro atoms. The lowest BCUT2D eigenvalue weighted by molar-refractivity contribution is 0.0913. The van der Waals surface area contributed by atoms with E-state index in [1.165, 1.54) is 16.8 Å². The average molecular weight is 448 g/mol. The minimum Gasteiger partial charge on any atom is -0.468 e. The van der Waals surface area contributed by atoms with Crippen LogP contribution in [0.4, 0.5) is 0 Å². The van der Waals surface area contributed by atoms with Crippen LogP contribution in [0.1, 0.15) is 60.8 Å². The number of amides is 1. The molecule has 0 saturated carbocycles. The predicted octanol–water partition coefficient (Wildman–Crippen LogP) is 3.58. The molecule has 3 rings (SSSR count). The van der Waals surface area contributed by atoms with Crippen molar-refractivity contribution in [1.82, 2.24) is 14.5 Å². The minimum absolute atomic E-state index is 0.0397. The van der Waals surface area contributed by atoms with Crippen molar-refractivity contribution in [3.63, 3.8) is 0 Å². The summed E-state index contributed by atoms with van der Waals surface area (Å²) in [5, 5.41) is 3.01. The monoisotopic (exact) mass is 447 g/mol. The van der Waals surface area contributed by atoms with Gasteiger partial charge in [-0.15, -0.1) is 0 Å². The third-order valence-corrected chi connectivity index (χ3v) is 8.00. The molecule has 1 atom stereocenters. The summed E-state index contributed by atoms with van der Waals surface area (Å²) in [4.78, 5) is 15.5. The quantitative estimate of drug-likeness (QED) is 0.635. The molecule has 8 heteroatoms. The molecule has 0 bridgehead atoms. The highest BCUT2D eigenvalue weighted by Crippen LogP contribution is 2.25. The van der Waals surface area contributed by atoms with Crippen LogP contribution in [0.2, 0.25) is 0 Å². The number of carbonyl (C=O) groups excluding carboxylic acids is 1. The summed E-state index contributed by atoms with van der Waals surface area (Å²) in [6.45, 7) is 8.53. The molecule has 1 N–H and O–H groups in total. The van der Waals surface area contributed by atoms with E-state index in [-0.39, 0.29) is 16.8 Å². The van der Waals surface area contributed by atoms with Gasteiger partial charge >= 0.3 is 0 Å². The molecule has 170 valence electrons. The Labute approximate surface area is 185 Å². The Kier molecular flexibility index (Phi) is 7.91. The number of furan rings is 1. The van der Waals surface area contributed by atoms with E-state index < -0.39 is 10.0 Å². The van der Waals surface area contributed by atoms with Crippen molar-refractivity contribution in [2.45, 2.75) is 51.0 Å². The molecule has 0 radical (unpaired) electrons. The average Bonchev–Trinajstić information content (AvgIpc) is 3.30. The van der Waals surface area contributed by atoms with Gasteiger partial charge in [0, 0.05) is 25.2 Å². The van der Waals surface area contributed by atoms with Gasteiger partial charge in [0.2, 0.25) is 10.0 Å². The highest BCUT2D eigenvalue weighted by atomic mass is 32.2. The fourth-order valence-corrected chi connectivity index (χ4v) is 5.61. The Balaban J connectivity index is 1.79. The van der Waals surface area contributed by atoms with Crippen LogP contribution in [0, 0.1) is 6.92 Å². The number of nitrogens with one attached hydrogen (secondary N) is 1. The maximum atomic E-state index is 13.0. The van der Waals surface area contributed by atoms with Crippen LogP contribution in [0.15, 0.2) is 45.9 Å². The molecule has 1 fully saturated rings. The molecule has 1 aliphatic rings. The van der Waals surface area contributed by atoms with Crippen LogP contribution < -0.4 is 5.32 Å². The number of piperidine rings is 1. The number of benzene rings is 1. The minimum atomic E-state index is -3.63. The van der Waals surface area contributed by atoms with Gasteiger partial charge in [0.15, 0.2) is 0 Å². The van der Waals surface area contributed by atoms with Crippen molar-refractivity contribution in [2.75, 3.05) is 32.7 Å². The lowest BCUT2D eigenvalue weighted by Crippen LogP contribution is -2.40. The van der Waals surface area contributed by atoms with Gasteiger partial charge in [-0.2, -0.15) is 4.31 Å². The normalized spacial score (nSPS) is 16.4. The first kappa shape index (κ1) is 23.5. The highest BCUT2D eigenvalue weighted by molar-refractivity contribution is 7.89. The van der Waals surface area contributed by atoms with Crippen LogP contribution in [0.5, 0.6) is 0 Å². The number of rotatable bonds is 9. The zero-order chi connectivity index (χ0) is 22.4. The molecule has 0 aliphatic carbocycles. The van der Waals surface area contributed by atoms with Gasteiger partial charge in [-0.3, -0.25) is 9.69 Å². The van der Waals surface area contributed by atoms with Gasteiger partial charge < -0.3 is 9.73 Å². The molecule has 2 heterocycles. The summed E-state index contributed by atoms with van der Waals surface area (Å²) in [6, 6.07) is 8.51. The van der Waals surface area contributed by atoms with Crippen LogP contribution >= 0.6 is 0 Å². The molecule has 1 saturated heterocycles. The Morgan fingerprint density at radius 1 is 1.16 bits per heavy atom. The second-order valence-corrected chi connectivity index (χ2v) is 9.84. The fourth-order valence-electron chi connectivity index (χ4n) is 4.12. The summed E-state index contributed by atoms with van der Waals surface area (Å²) < 4.78 is 32.8. The molecule has 7 nitrogen and oxygen atoms in total. The summed E-state index contributed by atoms with van der Waals surface area (Å²) in [5.41, 5.74) is 1.12. The van der Waals surface area contributed by atoms with E-state index >= 15 is 0 Å². The van der Waals surface area contributed by atoms with E-state index in [0.29, 0.717) is 25.2 Å². The van der Waals surface area contributed by atoms with E-state index in [1.54, 1.807) is 32.2 Å². The van der Waals surface area contributed by atoms with Gasteiger partial charge in [0.05, 0.1) is 17.2 Å². The largest absolute Gasteiger partial charge is 0.468 e. The number of aryl methyl sites for hydroxylation is 1. The maximum absolute atomic E-state index is 13.0. The van der Waals surface area contributed by atoms with Crippen LogP contribution in [-0.4, -0.2) is 56.3 Å². The maximum Gasteiger partial charge on any atom is 0.251 e. The first-order chi connectivity index (χ1) is 14.9. The van der Waals surface area contributed by atoms with Crippen molar-refractivity contribution >= 4 is 15.9 Å². The molecular formula is C23H33N3O4S. The Bertz CT molecular complexity index is 963. The van der Waals surface area contributed by atoms with E-state index in [0.717, 1.165) is 37.3 Å². The van der Waals surface area contributed by atoms with Crippen LogP contribution in [-0.2, 0) is 10.0 Å². The predicted molar refractivity (Wildman–Crippen MR) is 120 cm³/mol. The topological polar surface area (TPSA) is 82.9 Å². The summed E-state index contributed by atoms with van der Waals surface area (Å²) in [7, 11) is -3.63. The summed E-state index contributed by atoms with van der Waals surface area (Å²) >= 11 is 0. The standard InChI is InChI=1S/C23H33N3O4S/c1-4-26(5-2)31(28,29)19-12-11-18(3)20(16-19)23(27)24-17-21(22-10-9-15-30-22)25-13-7-6-8-14-25/h9-12,15-16,21H,4-8,13-14,17H2,1-3H3,(H,24,27). The Hall–Kier alpha value is -2.16. The summed E-state index contributed by atoms with van der Waals surface area (Å²) in [5.74, 6) is 0.555. The summed E-state index contributed by atoms with van der Waals surface area (Å²) in [6.07, 6.45) is 5.14. The van der Waals surface area contributed by atoms with E-state index in [2.05, 4.69) is 10.2 Å². The molecule has 31 heavy (non-hydrogen) atoms. The Morgan fingerprint density at radius 2 is 1.87 bits per heavy atom. The number of carbonyl (C=O) groups is 1. The SMILES string of the molecule is CCN(CC)S(=O)(=O)c1ccc(C)c(C(=O)NCC(c2ccco2)N2CCCCC2)c1. The van der Waals surface area contributed by atoms with E-state index in [4.69, 9.17) is 4.42 Å². The number of hydrogen-bond donors (Lipinski definition) is 1. The van der Waals surface area contributed by atoms with Crippen molar-refractivity contribution in [3.8, 4) is 0 Å². The lowest BCUT2D eigenvalue weighted by atomic mass is 10.1. The number of hydrogen-bond acceptors (Lipinski definition) is 5. The van der Waals surface area contributed by atoms with Gasteiger partial charge in [-0.05, 0) is 62.7 Å². The number of sulfonamides is 1. The first-order valence-corrected chi connectivity index (χ1v) is 12.5. The van der Waals surface area contributed by atoms with Gasteiger partial charge in [0.25, 0.3) is 5.91 Å². The smallest absolute Gasteiger partial charge is 0.251 e. The third-order valence-electron chi connectivity index (χ3n) is 5.96. The first-order valence-electron chi connectivity index (χ1n) is 11.0. The highest BCUT2D eigenvalue weighted by Gasteiger charge is 2.26. The Morgan fingerprint density at radius 3 is 2.48 bits per heavy atom. The van der Waals surface area contributed by atoms with Crippen LogP contribution in [0.25, 0.3) is 0 Å². The molecule has 1 unspecified atom stereocenters. The lowest BCUT2D eigenvalue weighted by Gasteiger charge is -2.33. The van der Waals surface area contributed by atoms with Crippen molar-refractivity contribution in [2.24, 2.45) is 0 Å². The zero-order valence-electron chi connectivity index (χ0n) is 18.6. The second kappa shape index (κ2) is 10.4. The zero-order valence-corrected chi connectivity index (χ0v) is 19.5. The second-order valence-electron chi connectivity index (χ2n) is 7.90. The molecule has 1 aromatic heterocycles. The molecule has 1 amide bonds. The molecule has 1 aliphatic heterocycles. The van der Waals surface area contributed by atoms with Gasteiger partial charge in [-0.25, -0.2) is 8.42 Å².